The third-order valence-corrected chi connectivity index (χ3v) is 2.90. The van der Waals surface area contributed by atoms with Crippen LogP contribution in [0.2, 0.25) is 0 Å². The minimum atomic E-state index is -0.395. The lowest BCUT2D eigenvalue weighted by molar-refractivity contribution is -0.385. The number of benzene rings is 1. The maximum atomic E-state index is 10.9. The molecular formula is C12H16ClNO3. The number of ether oxygens (including phenoxy) is 1. The van der Waals surface area contributed by atoms with E-state index in [1.165, 1.54) is 13.2 Å². The molecule has 0 fully saturated rings. The molecule has 0 bridgehead atoms. The first-order valence-corrected chi connectivity index (χ1v) is 5.97. The van der Waals surface area contributed by atoms with Crippen molar-refractivity contribution in [3.8, 4) is 5.75 Å². The molecule has 1 atom stereocenters. The lowest BCUT2D eigenvalue weighted by Gasteiger charge is -2.09. The first kappa shape index (κ1) is 13.8. The van der Waals surface area contributed by atoms with E-state index in [1.807, 2.05) is 6.92 Å². The molecule has 0 aliphatic heterocycles. The summed E-state index contributed by atoms with van der Waals surface area (Å²) >= 11 is 6.11. The molecule has 0 spiro atoms. The Morgan fingerprint density at radius 1 is 1.53 bits per heavy atom. The Morgan fingerprint density at radius 2 is 2.24 bits per heavy atom. The highest BCUT2D eigenvalue weighted by molar-refractivity contribution is 6.20. The van der Waals surface area contributed by atoms with Crippen molar-refractivity contribution < 1.29 is 9.66 Å². The van der Waals surface area contributed by atoms with E-state index in [0.717, 1.165) is 12.8 Å². The number of rotatable bonds is 6. The van der Waals surface area contributed by atoms with Gasteiger partial charge in [0.25, 0.3) is 5.69 Å². The number of nitro groups is 1. The first-order chi connectivity index (χ1) is 8.08. The maximum Gasteiger partial charge on any atom is 0.276 e. The van der Waals surface area contributed by atoms with Gasteiger partial charge < -0.3 is 4.74 Å². The molecule has 1 aromatic carbocycles. The predicted molar refractivity (Wildman–Crippen MR) is 67.9 cm³/mol. The fourth-order valence-electron chi connectivity index (χ4n) is 1.67. The normalized spacial score (nSPS) is 12.2. The van der Waals surface area contributed by atoms with Crippen LogP contribution in [0.3, 0.4) is 0 Å². The molecule has 0 radical (unpaired) electrons. The maximum absolute atomic E-state index is 10.9. The van der Waals surface area contributed by atoms with Gasteiger partial charge in [-0.1, -0.05) is 13.3 Å². The molecule has 0 saturated carbocycles. The molecule has 0 saturated heterocycles. The zero-order valence-corrected chi connectivity index (χ0v) is 10.7. The summed E-state index contributed by atoms with van der Waals surface area (Å²) in [6.07, 6.45) is 2.33. The van der Waals surface area contributed by atoms with Crippen LogP contribution in [0.5, 0.6) is 5.75 Å². The van der Waals surface area contributed by atoms with Crippen LogP contribution in [-0.4, -0.2) is 17.4 Å². The number of methoxy groups -OCH3 is 1. The van der Waals surface area contributed by atoms with Crippen molar-refractivity contribution >= 4 is 17.3 Å². The van der Waals surface area contributed by atoms with Crippen LogP contribution in [0.4, 0.5) is 5.69 Å². The van der Waals surface area contributed by atoms with Gasteiger partial charge in [0.2, 0.25) is 0 Å². The van der Waals surface area contributed by atoms with Crippen molar-refractivity contribution in [1.82, 2.24) is 0 Å². The van der Waals surface area contributed by atoms with Crippen molar-refractivity contribution in [2.75, 3.05) is 7.11 Å². The SMILES string of the molecule is CCCC(Cl)Cc1ccc(OC)cc1[N+](=O)[O-]. The Morgan fingerprint density at radius 3 is 2.76 bits per heavy atom. The summed E-state index contributed by atoms with van der Waals surface area (Å²) in [4.78, 5) is 10.5. The van der Waals surface area contributed by atoms with Crippen LogP contribution < -0.4 is 4.74 Å². The second-order valence-corrected chi connectivity index (χ2v) is 4.46. The molecule has 17 heavy (non-hydrogen) atoms. The van der Waals surface area contributed by atoms with Gasteiger partial charge in [-0.25, -0.2) is 0 Å². The molecule has 4 nitrogen and oxygen atoms in total. The fraction of sp³-hybridized carbons (Fsp3) is 0.500. The second kappa shape index (κ2) is 6.45. The summed E-state index contributed by atoms with van der Waals surface area (Å²) in [5, 5.41) is 10.9. The Labute approximate surface area is 106 Å². The molecule has 0 aromatic heterocycles. The van der Waals surface area contributed by atoms with E-state index < -0.39 is 4.92 Å². The van der Waals surface area contributed by atoms with Gasteiger partial charge in [0.15, 0.2) is 0 Å². The van der Waals surface area contributed by atoms with Crippen LogP contribution in [0.15, 0.2) is 18.2 Å². The molecule has 94 valence electrons. The van der Waals surface area contributed by atoms with Gasteiger partial charge in [0.05, 0.1) is 18.1 Å². The summed E-state index contributed by atoms with van der Waals surface area (Å²) in [6.45, 7) is 2.04. The number of nitrogens with zero attached hydrogens (tertiary/aromatic N) is 1. The smallest absolute Gasteiger partial charge is 0.276 e. The van der Waals surface area contributed by atoms with Gasteiger partial charge in [0.1, 0.15) is 5.75 Å². The Bertz CT molecular complexity index is 395. The van der Waals surface area contributed by atoms with Gasteiger partial charge >= 0.3 is 0 Å². The highest BCUT2D eigenvalue weighted by Crippen LogP contribution is 2.27. The van der Waals surface area contributed by atoms with E-state index in [4.69, 9.17) is 16.3 Å². The summed E-state index contributed by atoms with van der Waals surface area (Å²) in [5.41, 5.74) is 0.732. The molecule has 0 aliphatic rings. The molecule has 1 unspecified atom stereocenters. The van der Waals surface area contributed by atoms with Crippen LogP contribution in [0.1, 0.15) is 25.3 Å². The summed E-state index contributed by atoms with van der Waals surface area (Å²) in [6, 6.07) is 4.87. The molecule has 5 heteroatoms. The van der Waals surface area contributed by atoms with Crippen molar-refractivity contribution in [3.63, 3.8) is 0 Å². The molecule has 0 heterocycles. The number of nitro benzene ring substituents is 1. The van der Waals surface area contributed by atoms with E-state index in [2.05, 4.69) is 0 Å². The topological polar surface area (TPSA) is 52.4 Å². The van der Waals surface area contributed by atoms with Gasteiger partial charge in [-0.05, 0) is 25.0 Å². The molecule has 0 amide bonds. The van der Waals surface area contributed by atoms with E-state index in [0.29, 0.717) is 17.7 Å². The van der Waals surface area contributed by atoms with Crippen LogP contribution in [-0.2, 0) is 6.42 Å². The average molecular weight is 258 g/mol. The minimum absolute atomic E-state index is 0.0629. The number of halogens is 1. The third kappa shape index (κ3) is 3.89. The lowest BCUT2D eigenvalue weighted by Crippen LogP contribution is -2.05. The molecule has 1 rings (SSSR count). The highest BCUT2D eigenvalue weighted by atomic mass is 35.5. The molecule has 1 aromatic rings. The van der Waals surface area contributed by atoms with Gasteiger partial charge in [0, 0.05) is 10.9 Å². The Balaban J connectivity index is 2.94. The zero-order valence-electron chi connectivity index (χ0n) is 9.98. The Kier molecular flexibility index (Phi) is 5.22. The minimum Gasteiger partial charge on any atom is -0.497 e. The molecule has 0 aliphatic carbocycles. The van der Waals surface area contributed by atoms with E-state index in [1.54, 1.807) is 12.1 Å². The summed E-state index contributed by atoms with van der Waals surface area (Å²) in [7, 11) is 1.49. The van der Waals surface area contributed by atoms with E-state index in [9.17, 15) is 10.1 Å². The summed E-state index contributed by atoms with van der Waals surface area (Å²) < 4.78 is 4.98. The number of alkyl halides is 1. The third-order valence-electron chi connectivity index (χ3n) is 2.53. The number of hydrogen-bond donors (Lipinski definition) is 0. The monoisotopic (exact) mass is 257 g/mol. The number of hydrogen-bond acceptors (Lipinski definition) is 3. The summed E-state index contributed by atoms with van der Waals surface area (Å²) in [5.74, 6) is 0.488. The lowest BCUT2D eigenvalue weighted by atomic mass is 10.0. The largest absolute Gasteiger partial charge is 0.497 e. The molecule has 0 N–H and O–H groups in total. The van der Waals surface area contributed by atoms with Crippen LogP contribution in [0.25, 0.3) is 0 Å². The average Bonchev–Trinajstić information content (AvgIpc) is 2.29. The quantitative estimate of drug-likeness (QED) is 0.445. The van der Waals surface area contributed by atoms with Crippen molar-refractivity contribution in [2.24, 2.45) is 0 Å². The fourth-order valence-corrected chi connectivity index (χ4v) is 2.05. The Hall–Kier alpha value is -1.29. The van der Waals surface area contributed by atoms with Gasteiger partial charge in [-0.3, -0.25) is 10.1 Å². The molecular weight excluding hydrogens is 242 g/mol. The van der Waals surface area contributed by atoms with Crippen molar-refractivity contribution in [2.45, 2.75) is 31.6 Å². The zero-order chi connectivity index (χ0) is 12.8. The van der Waals surface area contributed by atoms with Gasteiger partial charge in [-0.15, -0.1) is 11.6 Å². The van der Waals surface area contributed by atoms with E-state index >= 15 is 0 Å². The van der Waals surface area contributed by atoms with Crippen LogP contribution >= 0.6 is 11.6 Å². The van der Waals surface area contributed by atoms with Crippen LogP contribution in [0, 0.1) is 10.1 Å². The van der Waals surface area contributed by atoms with Crippen molar-refractivity contribution in [3.05, 3.63) is 33.9 Å². The first-order valence-electron chi connectivity index (χ1n) is 5.53. The second-order valence-electron chi connectivity index (χ2n) is 3.84. The highest BCUT2D eigenvalue weighted by Gasteiger charge is 2.17. The standard InChI is InChI=1S/C12H16ClNO3/c1-3-4-10(13)7-9-5-6-11(17-2)8-12(9)14(15)16/h5-6,8,10H,3-4,7H2,1-2H3. The predicted octanol–water partition coefficient (Wildman–Crippen LogP) is 3.55. The van der Waals surface area contributed by atoms with Gasteiger partial charge in [-0.2, -0.15) is 0 Å². The van der Waals surface area contributed by atoms with Crippen molar-refractivity contribution in [1.29, 1.82) is 0 Å². The van der Waals surface area contributed by atoms with E-state index in [-0.39, 0.29) is 11.1 Å².